The molecule has 0 bridgehead atoms. The van der Waals surface area contributed by atoms with Gasteiger partial charge in [0.05, 0.1) is 5.69 Å². The van der Waals surface area contributed by atoms with Gasteiger partial charge in [-0.25, -0.2) is 8.42 Å². The van der Waals surface area contributed by atoms with Crippen LogP contribution in [0.3, 0.4) is 0 Å². The topological polar surface area (TPSA) is 63.4 Å². The van der Waals surface area contributed by atoms with E-state index in [0.717, 1.165) is 19.3 Å². The molecule has 4 nitrogen and oxygen atoms in total. The lowest BCUT2D eigenvalue weighted by molar-refractivity contribution is 0.346. The first-order valence-corrected chi connectivity index (χ1v) is 9.11. The largest absolute Gasteiger partial charge is 0.398 e. The third-order valence-corrected chi connectivity index (χ3v) is 5.74. The Morgan fingerprint density at radius 2 is 1.95 bits per heavy atom. The standard InChI is InChI=1S/C14H23BrN2O2S/c1-4-5-6-9-17(11(2)3)20(18,19)14-10-12(15)7-8-13(14)16/h7-8,10-11H,4-6,9,16H2,1-3H3. The van der Waals surface area contributed by atoms with Crippen LogP contribution >= 0.6 is 15.9 Å². The van der Waals surface area contributed by atoms with Gasteiger partial charge in [-0.2, -0.15) is 4.31 Å². The van der Waals surface area contributed by atoms with E-state index in [1.54, 1.807) is 18.2 Å². The van der Waals surface area contributed by atoms with Gasteiger partial charge in [0.2, 0.25) is 10.0 Å². The molecule has 0 aliphatic rings. The molecule has 1 aromatic rings. The lowest BCUT2D eigenvalue weighted by atomic mass is 10.2. The molecule has 114 valence electrons. The number of nitrogen functional groups attached to an aromatic ring is 1. The Hall–Kier alpha value is -0.590. The molecule has 0 spiro atoms. The van der Waals surface area contributed by atoms with Crippen molar-refractivity contribution >= 4 is 31.6 Å². The van der Waals surface area contributed by atoms with Crippen LogP contribution in [0, 0.1) is 0 Å². The maximum Gasteiger partial charge on any atom is 0.245 e. The fraction of sp³-hybridized carbons (Fsp3) is 0.571. The molecule has 0 aliphatic carbocycles. The Bertz CT molecular complexity index is 544. The van der Waals surface area contributed by atoms with E-state index < -0.39 is 10.0 Å². The highest BCUT2D eigenvalue weighted by Crippen LogP contribution is 2.27. The van der Waals surface area contributed by atoms with Crippen LogP contribution in [0.15, 0.2) is 27.6 Å². The summed E-state index contributed by atoms with van der Waals surface area (Å²) in [6, 6.07) is 4.84. The van der Waals surface area contributed by atoms with Gasteiger partial charge in [0.25, 0.3) is 0 Å². The average Bonchev–Trinajstić information content (AvgIpc) is 2.36. The number of rotatable bonds is 7. The molecule has 0 aliphatic heterocycles. The van der Waals surface area contributed by atoms with Gasteiger partial charge in [-0.3, -0.25) is 0 Å². The summed E-state index contributed by atoms with van der Waals surface area (Å²) in [6.07, 6.45) is 2.94. The first kappa shape index (κ1) is 17.5. The van der Waals surface area contributed by atoms with Gasteiger partial charge in [-0.1, -0.05) is 35.7 Å². The summed E-state index contributed by atoms with van der Waals surface area (Å²) in [6.45, 7) is 6.40. The highest BCUT2D eigenvalue weighted by atomic mass is 79.9. The SMILES string of the molecule is CCCCCN(C(C)C)S(=O)(=O)c1cc(Br)ccc1N. The van der Waals surface area contributed by atoms with Crippen molar-refractivity contribution in [2.75, 3.05) is 12.3 Å². The van der Waals surface area contributed by atoms with Gasteiger partial charge in [0, 0.05) is 17.1 Å². The van der Waals surface area contributed by atoms with Gasteiger partial charge < -0.3 is 5.73 Å². The summed E-state index contributed by atoms with van der Waals surface area (Å²) in [5.41, 5.74) is 6.13. The molecule has 0 fully saturated rings. The molecule has 6 heteroatoms. The molecular formula is C14H23BrN2O2S. The molecule has 2 N–H and O–H groups in total. The number of anilines is 1. The minimum absolute atomic E-state index is 0.0877. The first-order valence-electron chi connectivity index (χ1n) is 6.87. The first-order chi connectivity index (χ1) is 9.30. The van der Waals surface area contributed by atoms with E-state index in [9.17, 15) is 8.42 Å². The van der Waals surface area contributed by atoms with Crippen LogP contribution < -0.4 is 5.73 Å². The van der Waals surface area contributed by atoms with Gasteiger partial charge in [0.1, 0.15) is 4.90 Å². The van der Waals surface area contributed by atoms with E-state index in [2.05, 4.69) is 22.9 Å². The van der Waals surface area contributed by atoms with Crippen molar-refractivity contribution in [3.63, 3.8) is 0 Å². The van der Waals surface area contributed by atoms with Crippen LogP contribution in [0.2, 0.25) is 0 Å². The molecule has 0 amide bonds. The van der Waals surface area contributed by atoms with Crippen molar-refractivity contribution in [2.24, 2.45) is 0 Å². The van der Waals surface area contributed by atoms with E-state index >= 15 is 0 Å². The van der Waals surface area contributed by atoms with E-state index in [4.69, 9.17) is 5.73 Å². The second-order valence-electron chi connectivity index (χ2n) is 5.10. The number of unbranched alkanes of at least 4 members (excludes halogenated alkanes) is 2. The zero-order chi connectivity index (χ0) is 15.3. The van der Waals surface area contributed by atoms with Crippen molar-refractivity contribution in [1.29, 1.82) is 0 Å². The summed E-state index contributed by atoms with van der Waals surface area (Å²) in [7, 11) is -3.56. The summed E-state index contributed by atoms with van der Waals surface area (Å²) >= 11 is 3.30. The third-order valence-electron chi connectivity index (χ3n) is 3.12. The summed E-state index contributed by atoms with van der Waals surface area (Å²) in [4.78, 5) is 0.178. The van der Waals surface area contributed by atoms with Gasteiger partial charge >= 0.3 is 0 Å². The molecule has 0 saturated carbocycles. The molecule has 20 heavy (non-hydrogen) atoms. The summed E-state index contributed by atoms with van der Waals surface area (Å²) in [5.74, 6) is 0. The monoisotopic (exact) mass is 362 g/mol. The molecule has 0 unspecified atom stereocenters. The average molecular weight is 363 g/mol. The van der Waals surface area contributed by atoms with Gasteiger partial charge in [-0.15, -0.1) is 0 Å². The van der Waals surface area contributed by atoms with Crippen molar-refractivity contribution < 1.29 is 8.42 Å². The third kappa shape index (κ3) is 4.20. The van der Waals surface area contributed by atoms with Crippen molar-refractivity contribution in [1.82, 2.24) is 4.31 Å². The van der Waals surface area contributed by atoms with Gasteiger partial charge in [-0.05, 0) is 38.5 Å². The maximum atomic E-state index is 12.8. The predicted molar refractivity (Wildman–Crippen MR) is 87.1 cm³/mol. The summed E-state index contributed by atoms with van der Waals surface area (Å²) < 4.78 is 27.8. The Labute approximate surface area is 130 Å². The normalized spacial score (nSPS) is 12.3. The molecule has 0 saturated heterocycles. The number of hydrogen-bond acceptors (Lipinski definition) is 3. The molecule has 1 rings (SSSR count). The molecule has 0 aromatic heterocycles. The van der Waals surface area contributed by atoms with Crippen LogP contribution in [-0.2, 0) is 10.0 Å². The van der Waals surface area contributed by atoms with E-state index in [1.165, 1.54) is 4.31 Å². The molecule has 1 aromatic carbocycles. The highest BCUT2D eigenvalue weighted by molar-refractivity contribution is 9.10. The predicted octanol–water partition coefficient (Wildman–Crippen LogP) is 3.62. The number of halogens is 1. The Morgan fingerprint density at radius 3 is 2.50 bits per heavy atom. The minimum atomic E-state index is -3.56. The van der Waals surface area contributed by atoms with Crippen molar-refractivity contribution in [3.8, 4) is 0 Å². The van der Waals surface area contributed by atoms with Crippen LogP contribution in [-0.4, -0.2) is 25.3 Å². The number of nitrogens with zero attached hydrogens (tertiary/aromatic N) is 1. The van der Waals surface area contributed by atoms with Crippen LogP contribution in [0.1, 0.15) is 40.0 Å². The van der Waals surface area contributed by atoms with Gasteiger partial charge in [0.15, 0.2) is 0 Å². The quantitative estimate of drug-likeness (QED) is 0.594. The Morgan fingerprint density at radius 1 is 1.30 bits per heavy atom. The Balaban J connectivity index is 3.12. The van der Waals surface area contributed by atoms with Crippen LogP contribution in [0.4, 0.5) is 5.69 Å². The second-order valence-corrected chi connectivity index (χ2v) is 7.87. The van der Waals surface area contributed by atoms with Crippen molar-refractivity contribution in [3.05, 3.63) is 22.7 Å². The smallest absolute Gasteiger partial charge is 0.245 e. The van der Waals surface area contributed by atoms with Crippen LogP contribution in [0.5, 0.6) is 0 Å². The lowest BCUT2D eigenvalue weighted by Crippen LogP contribution is -2.38. The van der Waals surface area contributed by atoms with Crippen LogP contribution in [0.25, 0.3) is 0 Å². The second kappa shape index (κ2) is 7.43. The number of hydrogen-bond donors (Lipinski definition) is 1. The number of benzene rings is 1. The zero-order valence-corrected chi connectivity index (χ0v) is 14.7. The zero-order valence-electron chi connectivity index (χ0n) is 12.3. The maximum absolute atomic E-state index is 12.8. The summed E-state index contributed by atoms with van der Waals surface area (Å²) in [5, 5.41) is 0. The Kier molecular flexibility index (Phi) is 6.48. The highest BCUT2D eigenvalue weighted by Gasteiger charge is 2.28. The number of nitrogens with two attached hydrogens (primary N) is 1. The lowest BCUT2D eigenvalue weighted by Gasteiger charge is -2.26. The van der Waals surface area contributed by atoms with E-state index in [0.29, 0.717) is 11.0 Å². The molecule has 0 heterocycles. The molecular weight excluding hydrogens is 340 g/mol. The van der Waals surface area contributed by atoms with E-state index in [-0.39, 0.29) is 16.6 Å². The molecule has 0 radical (unpaired) electrons. The minimum Gasteiger partial charge on any atom is -0.398 e. The van der Waals surface area contributed by atoms with E-state index in [1.807, 2.05) is 13.8 Å². The fourth-order valence-electron chi connectivity index (χ4n) is 2.03. The van der Waals surface area contributed by atoms with Crippen molar-refractivity contribution in [2.45, 2.75) is 51.0 Å². The number of sulfonamides is 1. The molecule has 0 atom stereocenters. The fourth-order valence-corrected chi connectivity index (χ4v) is 4.36.